The van der Waals surface area contributed by atoms with E-state index in [1.165, 1.54) is 0 Å². The van der Waals surface area contributed by atoms with Crippen LogP contribution in [-0.4, -0.2) is 29.9 Å². The zero-order valence-corrected chi connectivity index (χ0v) is 32.0. The molecular formula is C53H38N6. The van der Waals surface area contributed by atoms with Crippen molar-refractivity contribution in [1.29, 1.82) is 0 Å². The van der Waals surface area contributed by atoms with Gasteiger partial charge in [-0.3, -0.25) is 0 Å². The third-order valence-corrected chi connectivity index (χ3v) is 11.3. The Labute approximate surface area is 341 Å². The van der Waals surface area contributed by atoms with Gasteiger partial charge in [0.15, 0.2) is 0 Å². The van der Waals surface area contributed by atoms with Crippen LogP contribution in [0.15, 0.2) is 176 Å². The largest absolute Gasteiger partial charge is 0.364 e. The smallest absolute Gasteiger partial charge is 0.0737 e. The van der Waals surface area contributed by atoms with E-state index in [2.05, 4.69) is 208 Å². The minimum Gasteiger partial charge on any atom is -0.364 e. The predicted molar refractivity (Wildman–Crippen MR) is 243 cm³/mol. The van der Waals surface area contributed by atoms with Gasteiger partial charge in [-0.2, -0.15) is 0 Å². The second-order valence-corrected chi connectivity index (χ2v) is 14.9. The third kappa shape index (κ3) is 6.15. The summed E-state index contributed by atoms with van der Waals surface area (Å²) < 4.78 is 0. The Morgan fingerprint density at radius 2 is 0.712 bits per heavy atom. The molecule has 2 aliphatic heterocycles. The van der Waals surface area contributed by atoms with Gasteiger partial charge in [0.05, 0.1) is 28.7 Å². The van der Waals surface area contributed by atoms with Crippen molar-refractivity contribution in [1.82, 2.24) is 29.9 Å². The van der Waals surface area contributed by atoms with Crippen molar-refractivity contribution in [3.8, 4) is 44.5 Å². The number of aromatic nitrogens is 6. The van der Waals surface area contributed by atoms with Crippen molar-refractivity contribution in [2.75, 3.05) is 0 Å². The fourth-order valence-corrected chi connectivity index (χ4v) is 8.74. The summed E-state index contributed by atoms with van der Waals surface area (Å²) in [5.41, 5.74) is 19.2. The first-order chi connectivity index (χ1) is 29.3. The molecule has 0 spiro atoms. The number of nitrogens with zero attached hydrogens (tertiary/aromatic N) is 2. The molecule has 4 aromatic carbocycles. The van der Waals surface area contributed by atoms with E-state index in [1.54, 1.807) is 0 Å². The van der Waals surface area contributed by atoms with E-state index in [0.717, 1.165) is 106 Å². The highest BCUT2D eigenvalue weighted by Crippen LogP contribution is 2.42. The van der Waals surface area contributed by atoms with Crippen molar-refractivity contribution in [2.45, 2.75) is 5.92 Å². The molecule has 280 valence electrons. The van der Waals surface area contributed by atoms with Crippen LogP contribution in [0.3, 0.4) is 0 Å². The minimum absolute atomic E-state index is 0.0786. The van der Waals surface area contributed by atoms with Crippen LogP contribution < -0.4 is 0 Å². The van der Waals surface area contributed by atoms with Crippen LogP contribution in [0, 0.1) is 0 Å². The molecule has 0 aliphatic carbocycles. The van der Waals surface area contributed by atoms with Crippen molar-refractivity contribution < 1.29 is 0 Å². The summed E-state index contributed by atoms with van der Waals surface area (Å²) in [5.74, 6) is -0.0786. The molecule has 2 aliphatic rings. The molecule has 8 bridgehead atoms. The number of fused-ring (bicyclic) bond motifs is 8. The summed E-state index contributed by atoms with van der Waals surface area (Å²) in [6.45, 7) is 0. The molecule has 0 fully saturated rings. The molecule has 5 aromatic heterocycles. The average molecular weight is 759 g/mol. The molecule has 0 atom stereocenters. The van der Waals surface area contributed by atoms with Crippen LogP contribution in [0.1, 0.15) is 45.6 Å². The summed E-state index contributed by atoms with van der Waals surface area (Å²) in [7, 11) is 0. The summed E-state index contributed by atoms with van der Waals surface area (Å²) in [6, 6.07) is 57.5. The summed E-state index contributed by atoms with van der Waals surface area (Å²) >= 11 is 0. The zero-order valence-electron chi connectivity index (χ0n) is 32.0. The van der Waals surface area contributed by atoms with Gasteiger partial charge in [0.1, 0.15) is 0 Å². The van der Waals surface area contributed by atoms with E-state index in [4.69, 9.17) is 9.97 Å². The number of hydrogen-bond acceptors (Lipinski definition) is 2. The lowest BCUT2D eigenvalue weighted by molar-refractivity contribution is 0.899. The van der Waals surface area contributed by atoms with E-state index in [-0.39, 0.29) is 5.92 Å². The fourth-order valence-electron chi connectivity index (χ4n) is 8.74. The molecule has 0 unspecified atom stereocenters. The van der Waals surface area contributed by atoms with Crippen LogP contribution in [0.4, 0.5) is 0 Å². The minimum atomic E-state index is -0.0786. The molecule has 11 rings (SSSR count). The highest BCUT2D eigenvalue weighted by Gasteiger charge is 2.25. The van der Waals surface area contributed by atoms with Crippen molar-refractivity contribution in [3.63, 3.8) is 0 Å². The molecule has 4 N–H and O–H groups in total. The summed E-state index contributed by atoms with van der Waals surface area (Å²) in [5, 5.41) is 0. The van der Waals surface area contributed by atoms with Gasteiger partial charge in [-0.25, -0.2) is 9.97 Å². The first kappa shape index (κ1) is 34.3. The number of benzene rings is 4. The van der Waals surface area contributed by atoms with Crippen molar-refractivity contribution >= 4 is 46.4 Å². The average Bonchev–Trinajstić information content (AvgIpc) is 4.14. The van der Waals surface area contributed by atoms with E-state index in [1.807, 2.05) is 12.4 Å². The Balaban J connectivity index is 1.30. The van der Waals surface area contributed by atoms with Gasteiger partial charge in [-0.1, -0.05) is 115 Å². The van der Waals surface area contributed by atoms with E-state index in [0.29, 0.717) is 0 Å². The van der Waals surface area contributed by atoms with Gasteiger partial charge in [0.25, 0.3) is 0 Å². The maximum Gasteiger partial charge on any atom is 0.0737 e. The van der Waals surface area contributed by atoms with Gasteiger partial charge < -0.3 is 19.9 Å². The number of hydrogen-bond donors (Lipinski definition) is 4. The number of aromatic amines is 4. The third-order valence-electron chi connectivity index (χ3n) is 11.3. The van der Waals surface area contributed by atoms with Gasteiger partial charge in [0.2, 0.25) is 0 Å². The van der Waals surface area contributed by atoms with Crippen LogP contribution >= 0.6 is 0 Å². The first-order valence-electron chi connectivity index (χ1n) is 20.0. The van der Waals surface area contributed by atoms with Crippen molar-refractivity contribution in [2.24, 2.45) is 0 Å². The van der Waals surface area contributed by atoms with Gasteiger partial charge in [-0.15, -0.1) is 0 Å². The van der Waals surface area contributed by atoms with E-state index in [9.17, 15) is 0 Å². The van der Waals surface area contributed by atoms with E-state index >= 15 is 0 Å². The molecule has 0 saturated carbocycles. The van der Waals surface area contributed by atoms with Gasteiger partial charge in [0, 0.05) is 68.1 Å². The van der Waals surface area contributed by atoms with E-state index < -0.39 is 0 Å². The maximum atomic E-state index is 5.56. The molecule has 0 amide bonds. The van der Waals surface area contributed by atoms with Crippen LogP contribution in [0.25, 0.3) is 90.9 Å². The molecule has 6 nitrogen and oxygen atoms in total. The standard InChI is InChI=1S/C53H38N6/c1-4-14-34(15-5-1)49-41-24-26-43(56-41)50(35-16-6-2-7-17-35)45-28-30-47(58-45)53(38-21-11-10-20-37(38)52(39-22-12-32-54-39)40-23-13-33-55-40)48-31-29-46(59-48)51(36-18-8-3-9-19-36)44-27-25-42(49)57-44/h1-33,52,54-56,59H. The van der Waals surface area contributed by atoms with Gasteiger partial charge in [-0.05, 0) is 101 Å². The van der Waals surface area contributed by atoms with Gasteiger partial charge >= 0.3 is 0 Å². The second-order valence-electron chi connectivity index (χ2n) is 14.9. The lowest BCUT2D eigenvalue weighted by Gasteiger charge is -2.20. The Kier molecular flexibility index (Phi) is 8.44. The van der Waals surface area contributed by atoms with Crippen LogP contribution in [-0.2, 0) is 0 Å². The molecule has 0 saturated heterocycles. The topological polar surface area (TPSA) is 88.9 Å². The number of H-pyrrole nitrogens is 4. The fraction of sp³-hybridized carbons (Fsp3) is 0.0189. The highest BCUT2D eigenvalue weighted by molar-refractivity contribution is 6.00. The zero-order chi connectivity index (χ0) is 39.1. The van der Waals surface area contributed by atoms with Crippen LogP contribution in [0.5, 0.6) is 0 Å². The normalized spacial score (nSPS) is 12.1. The Hall–Kier alpha value is -7.96. The maximum absolute atomic E-state index is 5.56. The molecule has 6 heteroatoms. The Morgan fingerprint density at radius 3 is 1.12 bits per heavy atom. The molecular weight excluding hydrogens is 721 g/mol. The summed E-state index contributed by atoms with van der Waals surface area (Å²) in [6.07, 6.45) is 12.6. The lowest BCUT2D eigenvalue weighted by Crippen LogP contribution is -2.06. The second kappa shape index (κ2) is 14.5. The lowest BCUT2D eigenvalue weighted by atomic mass is 9.86. The highest BCUT2D eigenvalue weighted by atomic mass is 14.8. The van der Waals surface area contributed by atoms with Crippen molar-refractivity contribution in [3.05, 3.63) is 216 Å². The van der Waals surface area contributed by atoms with Crippen LogP contribution in [0.2, 0.25) is 0 Å². The molecule has 7 heterocycles. The quantitative estimate of drug-likeness (QED) is 0.130. The molecule has 9 aromatic rings. The Morgan fingerprint density at radius 1 is 0.339 bits per heavy atom. The summed E-state index contributed by atoms with van der Waals surface area (Å²) in [4.78, 5) is 25.8. The predicted octanol–water partition coefficient (Wildman–Crippen LogP) is 13.2. The first-order valence-corrected chi connectivity index (χ1v) is 20.0. The molecule has 59 heavy (non-hydrogen) atoms. The monoisotopic (exact) mass is 758 g/mol. The Bertz CT molecular complexity index is 3110. The molecule has 0 radical (unpaired) electrons. The number of nitrogens with one attached hydrogen (secondary N) is 4. The number of rotatable bonds is 7. The SMILES string of the molecule is C1=Cc2nc1c(-c1ccccc1)c1ccc([nH]1)c(-c1ccccc1)c1nc(c(-c3ccccc3C(c3ccc[nH]3)c3ccc[nH]3)c3ccc([nH]3)c2-c2ccccc2)C=C1.